The molecule has 0 atom stereocenters. The summed E-state index contributed by atoms with van der Waals surface area (Å²) >= 11 is 5.83. The molecule has 1 aliphatic carbocycles. The Bertz CT molecular complexity index is 463. The Balaban J connectivity index is 2.24. The number of rotatable bonds is 6. The number of halogens is 1. The summed E-state index contributed by atoms with van der Waals surface area (Å²) in [6.45, 7) is 0.789. The molecule has 1 heterocycles. The average Bonchev–Trinajstić information content (AvgIpc) is 2.32. The Kier molecular flexibility index (Phi) is 4.61. The van der Waals surface area contributed by atoms with Crippen LogP contribution in [0.4, 0.5) is 5.82 Å². The van der Waals surface area contributed by atoms with Crippen molar-refractivity contribution in [3.05, 3.63) is 22.8 Å². The molecule has 0 aliphatic heterocycles. The van der Waals surface area contributed by atoms with Crippen LogP contribution in [0.1, 0.15) is 36.2 Å². The van der Waals surface area contributed by atoms with Crippen molar-refractivity contribution in [1.82, 2.24) is 4.98 Å². The van der Waals surface area contributed by atoms with Gasteiger partial charge in [0.05, 0.1) is 5.02 Å². The fraction of sp³-hybridized carbons (Fsp3) is 0.538. The number of anilines is 1. The molecule has 0 aromatic carbocycles. The van der Waals surface area contributed by atoms with E-state index in [2.05, 4.69) is 9.88 Å². The number of nitrogens with zero attached hydrogens (tertiary/aromatic N) is 2. The molecule has 19 heavy (non-hydrogen) atoms. The van der Waals surface area contributed by atoms with E-state index in [1.54, 1.807) is 12.1 Å². The maximum Gasteiger partial charge on any atom is 0.356 e. The second-order valence-corrected chi connectivity index (χ2v) is 5.07. The van der Waals surface area contributed by atoms with E-state index in [4.69, 9.17) is 21.8 Å². The number of hydrogen-bond donors (Lipinski definition) is 2. The SMILES string of the molecule is O=C(O)c1nc(N(CCCO)C2CCC2)ccc1Cl. The highest BCUT2D eigenvalue weighted by Gasteiger charge is 2.26. The lowest BCUT2D eigenvalue weighted by atomic mass is 9.91. The van der Waals surface area contributed by atoms with Gasteiger partial charge in [-0.3, -0.25) is 0 Å². The quantitative estimate of drug-likeness (QED) is 0.837. The highest BCUT2D eigenvalue weighted by atomic mass is 35.5. The number of aliphatic hydroxyl groups excluding tert-OH is 1. The van der Waals surface area contributed by atoms with Crippen LogP contribution in [0.15, 0.2) is 12.1 Å². The van der Waals surface area contributed by atoms with Gasteiger partial charge in [0.15, 0.2) is 5.69 Å². The van der Waals surface area contributed by atoms with E-state index in [1.807, 2.05) is 0 Å². The molecule has 1 saturated carbocycles. The minimum atomic E-state index is -1.12. The second-order valence-electron chi connectivity index (χ2n) is 4.66. The molecule has 2 rings (SSSR count). The molecule has 1 aromatic heterocycles. The topological polar surface area (TPSA) is 73.7 Å². The second kappa shape index (κ2) is 6.21. The molecule has 5 nitrogen and oxygen atoms in total. The number of aliphatic hydroxyl groups is 1. The molecule has 0 spiro atoms. The molecular weight excluding hydrogens is 268 g/mol. The van der Waals surface area contributed by atoms with Crippen LogP contribution in [0.2, 0.25) is 5.02 Å². The molecule has 1 aromatic rings. The van der Waals surface area contributed by atoms with Gasteiger partial charge in [0, 0.05) is 19.2 Å². The lowest BCUT2D eigenvalue weighted by Crippen LogP contribution is -2.41. The first-order valence-corrected chi connectivity index (χ1v) is 6.78. The van der Waals surface area contributed by atoms with Crippen molar-refractivity contribution in [3.63, 3.8) is 0 Å². The van der Waals surface area contributed by atoms with Gasteiger partial charge in [-0.15, -0.1) is 0 Å². The van der Waals surface area contributed by atoms with E-state index in [-0.39, 0.29) is 17.3 Å². The van der Waals surface area contributed by atoms with Crippen LogP contribution in [0.25, 0.3) is 0 Å². The minimum absolute atomic E-state index is 0.114. The summed E-state index contributed by atoms with van der Waals surface area (Å²) in [6, 6.07) is 3.70. The monoisotopic (exact) mass is 284 g/mol. The first-order chi connectivity index (χ1) is 9.13. The minimum Gasteiger partial charge on any atom is -0.476 e. The molecule has 0 amide bonds. The Morgan fingerprint density at radius 3 is 2.74 bits per heavy atom. The summed E-state index contributed by atoms with van der Waals surface area (Å²) < 4.78 is 0. The van der Waals surface area contributed by atoms with Crippen LogP contribution in [-0.4, -0.2) is 40.4 Å². The zero-order valence-electron chi connectivity index (χ0n) is 10.5. The third-order valence-corrected chi connectivity index (χ3v) is 3.71. The van der Waals surface area contributed by atoms with Crippen molar-refractivity contribution in [1.29, 1.82) is 0 Å². The van der Waals surface area contributed by atoms with Crippen LogP contribution < -0.4 is 4.90 Å². The molecule has 104 valence electrons. The van der Waals surface area contributed by atoms with Crippen LogP contribution >= 0.6 is 11.6 Å². The normalized spacial score (nSPS) is 15.1. The van der Waals surface area contributed by atoms with Crippen LogP contribution in [0.3, 0.4) is 0 Å². The van der Waals surface area contributed by atoms with Gasteiger partial charge < -0.3 is 15.1 Å². The number of aromatic nitrogens is 1. The van der Waals surface area contributed by atoms with Crippen LogP contribution in [-0.2, 0) is 0 Å². The van der Waals surface area contributed by atoms with Crippen molar-refractivity contribution in [2.45, 2.75) is 31.7 Å². The summed E-state index contributed by atoms with van der Waals surface area (Å²) in [5, 5.41) is 18.2. The van der Waals surface area contributed by atoms with E-state index in [9.17, 15) is 4.79 Å². The Morgan fingerprint density at radius 2 is 2.21 bits per heavy atom. The van der Waals surface area contributed by atoms with Crippen molar-refractivity contribution in [2.75, 3.05) is 18.1 Å². The summed E-state index contributed by atoms with van der Waals surface area (Å²) in [5.41, 5.74) is -0.118. The maximum atomic E-state index is 11.1. The van der Waals surface area contributed by atoms with Gasteiger partial charge in [-0.2, -0.15) is 0 Å². The predicted octanol–water partition coefficient (Wildman–Crippen LogP) is 2.17. The van der Waals surface area contributed by atoms with Gasteiger partial charge in [-0.05, 0) is 37.8 Å². The van der Waals surface area contributed by atoms with Gasteiger partial charge in [-0.25, -0.2) is 9.78 Å². The zero-order chi connectivity index (χ0) is 13.8. The summed E-state index contributed by atoms with van der Waals surface area (Å²) in [6.07, 6.45) is 3.99. The van der Waals surface area contributed by atoms with Gasteiger partial charge in [0.1, 0.15) is 5.82 Å². The van der Waals surface area contributed by atoms with E-state index in [0.717, 1.165) is 12.8 Å². The van der Waals surface area contributed by atoms with Crippen molar-refractivity contribution in [2.24, 2.45) is 0 Å². The smallest absolute Gasteiger partial charge is 0.356 e. The van der Waals surface area contributed by atoms with E-state index in [1.165, 1.54) is 6.42 Å². The highest BCUT2D eigenvalue weighted by molar-refractivity contribution is 6.33. The zero-order valence-corrected chi connectivity index (χ0v) is 11.3. The van der Waals surface area contributed by atoms with Crippen molar-refractivity contribution < 1.29 is 15.0 Å². The lowest BCUT2D eigenvalue weighted by Gasteiger charge is -2.38. The predicted molar refractivity (Wildman–Crippen MR) is 72.9 cm³/mol. The highest BCUT2D eigenvalue weighted by Crippen LogP contribution is 2.30. The van der Waals surface area contributed by atoms with Gasteiger partial charge in [0.2, 0.25) is 0 Å². The summed E-state index contributed by atoms with van der Waals surface area (Å²) in [4.78, 5) is 17.3. The molecule has 1 aliphatic rings. The Labute approximate surface area is 116 Å². The first kappa shape index (κ1) is 14.1. The fourth-order valence-corrected chi connectivity index (χ4v) is 2.35. The largest absolute Gasteiger partial charge is 0.476 e. The third-order valence-electron chi connectivity index (χ3n) is 3.40. The molecule has 0 unspecified atom stereocenters. The Morgan fingerprint density at radius 1 is 1.47 bits per heavy atom. The molecule has 2 N–H and O–H groups in total. The first-order valence-electron chi connectivity index (χ1n) is 6.41. The molecule has 0 radical (unpaired) electrons. The lowest BCUT2D eigenvalue weighted by molar-refractivity contribution is 0.0690. The van der Waals surface area contributed by atoms with Crippen molar-refractivity contribution in [3.8, 4) is 0 Å². The van der Waals surface area contributed by atoms with Gasteiger partial charge >= 0.3 is 5.97 Å². The molecule has 6 heteroatoms. The van der Waals surface area contributed by atoms with Crippen LogP contribution in [0, 0.1) is 0 Å². The van der Waals surface area contributed by atoms with Crippen LogP contribution in [0.5, 0.6) is 0 Å². The molecule has 0 bridgehead atoms. The van der Waals surface area contributed by atoms with E-state index >= 15 is 0 Å². The number of carboxylic acid groups (broad SMARTS) is 1. The molecular formula is C13H17ClN2O3. The van der Waals surface area contributed by atoms with Gasteiger partial charge in [0.25, 0.3) is 0 Å². The number of hydrogen-bond acceptors (Lipinski definition) is 4. The number of pyridine rings is 1. The third kappa shape index (κ3) is 3.16. The van der Waals surface area contributed by atoms with Gasteiger partial charge in [-0.1, -0.05) is 11.6 Å². The molecule has 1 fully saturated rings. The van der Waals surface area contributed by atoms with E-state index in [0.29, 0.717) is 24.8 Å². The summed E-state index contributed by atoms with van der Waals surface area (Å²) in [5.74, 6) is -0.498. The average molecular weight is 285 g/mol. The molecule has 0 saturated heterocycles. The van der Waals surface area contributed by atoms with Crippen molar-refractivity contribution >= 4 is 23.4 Å². The fourth-order valence-electron chi connectivity index (χ4n) is 2.17. The maximum absolute atomic E-state index is 11.1. The number of aromatic carboxylic acids is 1. The number of carbonyl (C=O) groups is 1. The summed E-state index contributed by atoms with van der Waals surface area (Å²) in [7, 11) is 0. The van der Waals surface area contributed by atoms with E-state index < -0.39 is 5.97 Å². The number of carboxylic acids is 1. The Hall–Kier alpha value is -1.33. The standard InChI is InChI=1S/C13H17ClN2O3/c14-10-5-6-11(15-12(10)13(18)19)16(7-2-8-17)9-3-1-4-9/h5-6,9,17H,1-4,7-8H2,(H,18,19).